The molecule has 0 unspecified atom stereocenters. The number of methoxy groups -OCH3 is 1. The van der Waals surface area contributed by atoms with E-state index in [1.54, 1.807) is 0 Å². The molecule has 0 saturated heterocycles. The lowest BCUT2D eigenvalue weighted by Crippen LogP contribution is -2.22. The topological polar surface area (TPSA) is 43.4 Å². The maximum Gasteiger partial charge on any atom is 0.305 e. The van der Waals surface area contributed by atoms with Crippen LogP contribution in [-0.2, 0) is 14.3 Å². The number of rotatable bonds is 2. The summed E-state index contributed by atoms with van der Waals surface area (Å²) >= 11 is 0. The first kappa shape index (κ1) is 8.73. The number of hydrogen-bond acceptors (Lipinski definition) is 3. The molecule has 2 bridgehead atoms. The van der Waals surface area contributed by atoms with Gasteiger partial charge in [0.15, 0.2) is 0 Å². The van der Waals surface area contributed by atoms with Crippen LogP contribution in [0.2, 0.25) is 0 Å². The van der Waals surface area contributed by atoms with Crippen LogP contribution in [0.3, 0.4) is 0 Å². The molecule has 0 aromatic carbocycles. The Morgan fingerprint density at radius 1 is 1.54 bits per heavy atom. The molecular weight excluding hydrogens is 168 g/mol. The predicted molar refractivity (Wildman–Crippen MR) is 46.0 cm³/mol. The summed E-state index contributed by atoms with van der Waals surface area (Å²) in [6.07, 6.45) is 3.25. The summed E-state index contributed by atoms with van der Waals surface area (Å²) in [6.45, 7) is 0. The third-order valence-corrected chi connectivity index (χ3v) is 3.35. The van der Waals surface area contributed by atoms with Gasteiger partial charge in [0.25, 0.3) is 0 Å². The van der Waals surface area contributed by atoms with E-state index in [1.807, 2.05) is 0 Å². The SMILES string of the molecule is COC(=O)C[C@@H]1C[C@@H]2CC(=O)[C@H]1C2. The van der Waals surface area contributed by atoms with Crippen LogP contribution >= 0.6 is 0 Å². The molecule has 0 heterocycles. The van der Waals surface area contributed by atoms with Crippen molar-refractivity contribution in [2.75, 3.05) is 7.11 Å². The minimum absolute atomic E-state index is 0.170. The van der Waals surface area contributed by atoms with Crippen molar-refractivity contribution in [3.63, 3.8) is 0 Å². The fraction of sp³-hybridized carbons (Fsp3) is 0.800. The highest BCUT2D eigenvalue weighted by molar-refractivity contribution is 5.85. The fourth-order valence-electron chi connectivity index (χ4n) is 2.76. The lowest BCUT2D eigenvalue weighted by molar-refractivity contribution is -0.142. The molecule has 2 aliphatic carbocycles. The summed E-state index contributed by atoms with van der Waals surface area (Å²) in [5, 5.41) is 0. The normalized spacial score (nSPS) is 36.7. The van der Waals surface area contributed by atoms with Gasteiger partial charge in [0.1, 0.15) is 5.78 Å². The van der Waals surface area contributed by atoms with Gasteiger partial charge in [-0.1, -0.05) is 0 Å². The fourth-order valence-corrected chi connectivity index (χ4v) is 2.76. The number of esters is 1. The number of hydrogen-bond donors (Lipinski definition) is 0. The maximum absolute atomic E-state index is 11.4. The Labute approximate surface area is 77.4 Å². The monoisotopic (exact) mass is 182 g/mol. The highest BCUT2D eigenvalue weighted by Crippen LogP contribution is 2.47. The Morgan fingerprint density at radius 2 is 2.31 bits per heavy atom. The number of fused-ring (bicyclic) bond motifs is 2. The second-order valence-corrected chi connectivity index (χ2v) is 4.15. The maximum atomic E-state index is 11.4. The average Bonchev–Trinajstić information content (AvgIpc) is 2.62. The first-order chi connectivity index (χ1) is 6.20. The zero-order valence-electron chi connectivity index (χ0n) is 7.79. The van der Waals surface area contributed by atoms with E-state index in [-0.39, 0.29) is 17.8 Å². The molecule has 3 atom stereocenters. The first-order valence-corrected chi connectivity index (χ1v) is 4.80. The van der Waals surface area contributed by atoms with Crippen LogP contribution in [0.4, 0.5) is 0 Å². The van der Waals surface area contributed by atoms with Gasteiger partial charge >= 0.3 is 5.97 Å². The van der Waals surface area contributed by atoms with E-state index in [2.05, 4.69) is 4.74 Å². The first-order valence-electron chi connectivity index (χ1n) is 4.80. The van der Waals surface area contributed by atoms with E-state index in [0.717, 1.165) is 19.3 Å². The Bertz CT molecular complexity index is 247. The van der Waals surface area contributed by atoms with Crippen molar-refractivity contribution in [1.82, 2.24) is 0 Å². The molecule has 0 aromatic heterocycles. The summed E-state index contributed by atoms with van der Waals surface area (Å²) in [5.74, 6) is 1.20. The molecule has 72 valence electrons. The van der Waals surface area contributed by atoms with Gasteiger partial charge in [-0.3, -0.25) is 9.59 Å². The molecule has 2 aliphatic rings. The van der Waals surface area contributed by atoms with E-state index >= 15 is 0 Å². The molecule has 3 nitrogen and oxygen atoms in total. The van der Waals surface area contributed by atoms with Gasteiger partial charge in [0.2, 0.25) is 0 Å². The molecule has 2 fully saturated rings. The molecule has 2 rings (SSSR count). The van der Waals surface area contributed by atoms with Crippen molar-refractivity contribution < 1.29 is 14.3 Å². The third-order valence-electron chi connectivity index (χ3n) is 3.35. The third kappa shape index (κ3) is 1.47. The Morgan fingerprint density at radius 3 is 2.85 bits per heavy atom. The van der Waals surface area contributed by atoms with Crippen molar-refractivity contribution in [1.29, 1.82) is 0 Å². The molecule has 0 spiro atoms. The summed E-state index contributed by atoms with van der Waals surface area (Å²) in [7, 11) is 1.40. The van der Waals surface area contributed by atoms with Crippen molar-refractivity contribution >= 4 is 11.8 Å². The van der Waals surface area contributed by atoms with Gasteiger partial charge in [-0.2, -0.15) is 0 Å². The zero-order valence-corrected chi connectivity index (χ0v) is 7.79. The van der Waals surface area contributed by atoms with Crippen molar-refractivity contribution in [3.8, 4) is 0 Å². The molecule has 0 aromatic rings. The molecule has 0 radical (unpaired) electrons. The van der Waals surface area contributed by atoms with Crippen molar-refractivity contribution in [2.24, 2.45) is 17.8 Å². The minimum atomic E-state index is -0.176. The van der Waals surface area contributed by atoms with Gasteiger partial charge in [0, 0.05) is 18.8 Å². The smallest absolute Gasteiger partial charge is 0.305 e. The van der Waals surface area contributed by atoms with E-state index in [4.69, 9.17) is 0 Å². The van der Waals surface area contributed by atoms with Gasteiger partial charge in [0.05, 0.1) is 7.11 Å². The Hall–Kier alpha value is -0.860. The van der Waals surface area contributed by atoms with Gasteiger partial charge in [-0.25, -0.2) is 0 Å². The van der Waals surface area contributed by atoms with Gasteiger partial charge in [-0.05, 0) is 24.7 Å². The lowest BCUT2D eigenvalue weighted by atomic mass is 9.86. The lowest BCUT2D eigenvalue weighted by Gasteiger charge is -2.18. The number of ether oxygens (including phenoxy) is 1. The molecule has 0 N–H and O–H groups in total. The average molecular weight is 182 g/mol. The Kier molecular flexibility index (Phi) is 2.10. The standard InChI is InChI=1S/C10H14O3/c1-13-10(12)5-7-2-6-3-8(7)9(11)4-6/h6-8H,2-5H2,1H3/t6-,7-,8-/m0/s1. The number of carbonyl (C=O) groups is 2. The van der Waals surface area contributed by atoms with Crippen LogP contribution in [0.25, 0.3) is 0 Å². The predicted octanol–water partition coefficient (Wildman–Crippen LogP) is 1.16. The molecule has 0 amide bonds. The second-order valence-electron chi connectivity index (χ2n) is 4.15. The molecule has 0 aliphatic heterocycles. The van der Waals surface area contributed by atoms with E-state index in [1.165, 1.54) is 7.11 Å². The minimum Gasteiger partial charge on any atom is -0.469 e. The number of ketones is 1. The number of carbonyl (C=O) groups excluding carboxylic acids is 2. The molecular formula is C10H14O3. The van der Waals surface area contributed by atoms with Crippen LogP contribution in [0, 0.1) is 17.8 Å². The molecule has 3 heteroatoms. The highest BCUT2D eigenvalue weighted by Gasteiger charge is 2.45. The largest absolute Gasteiger partial charge is 0.469 e. The highest BCUT2D eigenvalue weighted by atomic mass is 16.5. The quantitative estimate of drug-likeness (QED) is 0.602. The van der Waals surface area contributed by atoms with E-state index in [9.17, 15) is 9.59 Å². The summed E-state index contributed by atoms with van der Waals surface area (Å²) in [4.78, 5) is 22.4. The number of Topliss-reactive ketones (excluding diaryl/α,β-unsaturated/α-hetero) is 1. The summed E-state index contributed by atoms with van der Waals surface area (Å²) in [6, 6.07) is 0. The zero-order chi connectivity index (χ0) is 9.42. The van der Waals surface area contributed by atoms with Crippen molar-refractivity contribution in [3.05, 3.63) is 0 Å². The second kappa shape index (κ2) is 3.13. The van der Waals surface area contributed by atoms with Gasteiger partial charge in [-0.15, -0.1) is 0 Å². The summed E-state index contributed by atoms with van der Waals surface area (Å²) in [5.41, 5.74) is 0. The van der Waals surface area contributed by atoms with Crippen LogP contribution < -0.4 is 0 Å². The molecule has 2 saturated carbocycles. The van der Waals surface area contributed by atoms with Crippen LogP contribution in [0.1, 0.15) is 25.7 Å². The molecule has 13 heavy (non-hydrogen) atoms. The van der Waals surface area contributed by atoms with Crippen LogP contribution in [-0.4, -0.2) is 18.9 Å². The Balaban J connectivity index is 1.96. The van der Waals surface area contributed by atoms with E-state index in [0.29, 0.717) is 18.1 Å². The van der Waals surface area contributed by atoms with Crippen LogP contribution in [0.15, 0.2) is 0 Å². The summed E-state index contributed by atoms with van der Waals surface area (Å²) < 4.78 is 4.60. The van der Waals surface area contributed by atoms with Crippen molar-refractivity contribution in [2.45, 2.75) is 25.7 Å². The van der Waals surface area contributed by atoms with Gasteiger partial charge < -0.3 is 4.74 Å². The van der Waals surface area contributed by atoms with Crippen LogP contribution in [0.5, 0.6) is 0 Å². The van der Waals surface area contributed by atoms with E-state index < -0.39 is 0 Å².